The van der Waals surface area contributed by atoms with Crippen molar-refractivity contribution in [3.8, 4) is 0 Å². The van der Waals surface area contributed by atoms with E-state index in [1.807, 2.05) is 0 Å². The van der Waals surface area contributed by atoms with Crippen molar-refractivity contribution in [3.05, 3.63) is 64.2 Å². The van der Waals surface area contributed by atoms with E-state index >= 15 is 0 Å². The number of carbonyl (C=O) groups is 3. The van der Waals surface area contributed by atoms with Gasteiger partial charge in [0, 0.05) is 6.54 Å². The van der Waals surface area contributed by atoms with E-state index in [2.05, 4.69) is 0 Å². The average Bonchev–Trinajstić information content (AvgIpc) is 2.92. The quantitative estimate of drug-likeness (QED) is 0.403. The molecule has 0 unspecified atom stereocenters. The van der Waals surface area contributed by atoms with E-state index in [4.69, 9.17) is 21.5 Å². The van der Waals surface area contributed by atoms with Crippen LogP contribution in [0.1, 0.15) is 43.9 Å². The molecule has 2 aromatic carbocycles. The number of nitrogens with zero attached hydrogens (tertiary/aromatic N) is 1. The van der Waals surface area contributed by atoms with Gasteiger partial charge in [-0.2, -0.15) is 0 Å². The van der Waals surface area contributed by atoms with Gasteiger partial charge in [0.25, 0.3) is 11.8 Å². The molecule has 0 saturated carbocycles. The molecule has 1 aliphatic rings. The molecule has 0 radical (unpaired) electrons. The first-order valence-corrected chi connectivity index (χ1v) is 10.6. The number of hydrogen-bond acceptors (Lipinski definition) is 6. The number of rotatable bonds is 7. The van der Waals surface area contributed by atoms with Crippen LogP contribution in [0.15, 0.2) is 47.4 Å². The lowest BCUT2D eigenvalue weighted by molar-refractivity contribution is 0.0485. The Hall–Kier alpha value is -2.75. The number of sulfonamides is 1. The molecule has 152 valence electrons. The Labute approximate surface area is 172 Å². The standard InChI is InChI=1S/C19H17ClN2O6S/c20-15-8-7-12(11-16(15)29(21,26)27)19(25)28-10-4-3-9-22-17(23)13-5-1-2-6-14(13)18(22)24/h1-2,5-8,11H,3-4,9-10H2,(H2,21,26,27). The zero-order valence-electron chi connectivity index (χ0n) is 15.1. The number of fused-ring (bicyclic) bond motifs is 1. The number of carbonyl (C=O) groups excluding carboxylic acids is 3. The monoisotopic (exact) mass is 436 g/mol. The molecule has 0 fully saturated rings. The van der Waals surface area contributed by atoms with Gasteiger partial charge in [-0.05, 0) is 43.2 Å². The summed E-state index contributed by atoms with van der Waals surface area (Å²) in [5, 5.41) is 4.96. The fourth-order valence-corrected chi connectivity index (χ4v) is 3.98. The maximum atomic E-state index is 12.3. The van der Waals surface area contributed by atoms with Crippen LogP contribution in [0.5, 0.6) is 0 Å². The number of ether oxygens (including phenoxy) is 1. The van der Waals surface area contributed by atoms with Gasteiger partial charge in [0.15, 0.2) is 0 Å². The van der Waals surface area contributed by atoms with Crippen molar-refractivity contribution in [2.75, 3.05) is 13.2 Å². The van der Waals surface area contributed by atoms with Gasteiger partial charge in [-0.1, -0.05) is 23.7 Å². The Bertz CT molecular complexity index is 1060. The topological polar surface area (TPSA) is 124 Å². The fraction of sp³-hybridized carbons (Fsp3) is 0.211. The first kappa shape index (κ1) is 21.0. The van der Waals surface area contributed by atoms with E-state index in [9.17, 15) is 22.8 Å². The number of benzene rings is 2. The summed E-state index contributed by atoms with van der Waals surface area (Å²) in [7, 11) is -4.07. The van der Waals surface area contributed by atoms with Gasteiger partial charge < -0.3 is 4.74 Å². The van der Waals surface area contributed by atoms with Crippen molar-refractivity contribution in [3.63, 3.8) is 0 Å². The summed E-state index contributed by atoms with van der Waals surface area (Å²) < 4.78 is 28.0. The zero-order valence-corrected chi connectivity index (χ0v) is 16.7. The molecule has 8 nitrogen and oxygen atoms in total. The van der Waals surface area contributed by atoms with Gasteiger partial charge in [0.05, 0.1) is 28.3 Å². The molecule has 2 amide bonds. The summed E-state index contributed by atoms with van der Waals surface area (Å²) in [5.41, 5.74) is 0.772. The minimum Gasteiger partial charge on any atom is -0.462 e. The first-order chi connectivity index (χ1) is 13.7. The Morgan fingerprint density at radius 1 is 1.03 bits per heavy atom. The molecule has 0 spiro atoms. The normalized spacial score (nSPS) is 13.5. The maximum Gasteiger partial charge on any atom is 0.338 e. The van der Waals surface area contributed by atoms with E-state index in [0.29, 0.717) is 24.0 Å². The van der Waals surface area contributed by atoms with Crippen LogP contribution in [0.3, 0.4) is 0 Å². The molecule has 0 saturated heterocycles. The molecule has 0 aliphatic carbocycles. The van der Waals surface area contributed by atoms with E-state index in [1.165, 1.54) is 17.0 Å². The van der Waals surface area contributed by atoms with Gasteiger partial charge in [0.2, 0.25) is 10.0 Å². The largest absolute Gasteiger partial charge is 0.462 e. The number of imide groups is 1. The van der Waals surface area contributed by atoms with Gasteiger partial charge in [-0.15, -0.1) is 0 Å². The number of primary sulfonamides is 1. The number of halogens is 1. The molecule has 3 rings (SSSR count). The third-order valence-electron chi connectivity index (χ3n) is 4.36. The SMILES string of the molecule is NS(=O)(=O)c1cc(C(=O)OCCCCN2C(=O)c3ccccc3C2=O)ccc1Cl. The molecule has 0 bridgehead atoms. The lowest BCUT2D eigenvalue weighted by Gasteiger charge is -2.13. The van der Waals surface area contributed by atoms with Crippen LogP contribution in [0.4, 0.5) is 0 Å². The van der Waals surface area contributed by atoms with Gasteiger partial charge >= 0.3 is 5.97 Å². The summed E-state index contributed by atoms with van der Waals surface area (Å²) in [6, 6.07) is 10.3. The Morgan fingerprint density at radius 3 is 2.24 bits per heavy atom. The summed E-state index contributed by atoms with van der Waals surface area (Å²) in [5.74, 6) is -1.40. The molecule has 1 aliphatic heterocycles. The maximum absolute atomic E-state index is 12.3. The highest BCUT2D eigenvalue weighted by atomic mass is 35.5. The molecule has 2 aromatic rings. The molecular formula is C19H17ClN2O6S. The average molecular weight is 437 g/mol. The van der Waals surface area contributed by atoms with Gasteiger partial charge in [-0.3, -0.25) is 14.5 Å². The van der Waals surface area contributed by atoms with Crippen molar-refractivity contribution in [1.29, 1.82) is 0 Å². The van der Waals surface area contributed by atoms with E-state index < -0.39 is 16.0 Å². The Morgan fingerprint density at radius 2 is 1.66 bits per heavy atom. The zero-order chi connectivity index (χ0) is 21.2. The van der Waals surface area contributed by atoms with E-state index in [-0.39, 0.29) is 40.4 Å². The Balaban J connectivity index is 1.50. The smallest absolute Gasteiger partial charge is 0.338 e. The van der Waals surface area contributed by atoms with Crippen molar-refractivity contribution < 1.29 is 27.5 Å². The van der Waals surface area contributed by atoms with Crippen LogP contribution in [0.25, 0.3) is 0 Å². The third kappa shape index (κ3) is 4.47. The second-order valence-corrected chi connectivity index (χ2v) is 8.28. The molecule has 29 heavy (non-hydrogen) atoms. The summed E-state index contributed by atoms with van der Waals surface area (Å²) in [6.45, 7) is 0.246. The number of nitrogens with two attached hydrogens (primary N) is 1. The lowest BCUT2D eigenvalue weighted by Crippen LogP contribution is -2.30. The van der Waals surface area contributed by atoms with Gasteiger partial charge in [0.1, 0.15) is 4.90 Å². The van der Waals surface area contributed by atoms with Crippen LogP contribution >= 0.6 is 11.6 Å². The molecule has 0 atom stereocenters. The number of esters is 1. The van der Waals surface area contributed by atoms with Crippen LogP contribution in [0.2, 0.25) is 5.02 Å². The van der Waals surface area contributed by atoms with E-state index in [0.717, 1.165) is 6.07 Å². The van der Waals surface area contributed by atoms with Crippen LogP contribution in [0, 0.1) is 0 Å². The third-order valence-corrected chi connectivity index (χ3v) is 5.75. The predicted molar refractivity (Wildman–Crippen MR) is 104 cm³/mol. The summed E-state index contributed by atoms with van der Waals surface area (Å²) >= 11 is 5.78. The first-order valence-electron chi connectivity index (χ1n) is 8.65. The van der Waals surface area contributed by atoms with Crippen LogP contribution < -0.4 is 5.14 Å². The highest BCUT2D eigenvalue weighted by Gasteiger charge is 2.34. The molecule has 1 heterocycles. The molecule has 10 heteroatoms. The van der Waals surface area contributed by atoms with E-state index in [1.54, 1.807) is 24.3 Å². The Kier molecular flexibility index (Phi) is 6.02. The number of hydrogen-bond donors (Lipinski definition) is 1. The second-order valence-electron chi connectivity index (χ2n) is 6.34. The minimum atomic E-state index is -4.07. The van der Waals surface area contributed by atoms with Crippen molar-refractivity contribution >= 4 is 39.4 Å². The lowest BCUT2D eigenvalue weighted by atomic mass is 10.1. The van der Waals surface area contributed by atoms with Crippen molar-refractivity contribution in [1.82, 2.24) is 4.90 Å². The fourth-order valence-electron chi connectivity index (χ4n) is 2.91. The van der Waals surface area contributed by atoms with Gasteiger partial charge in [-0.25, -0.2) is 18.4 Å². The van der Waals surface area contributed by atoms with Crippen molar-refractivity contribution in [2.24, 2.45) is 5.14 Å². The second kappa shape index (κ2) is 8.32. The summed E-state index contributed by atoms with van der Waals surface area (Å²) in [4.78, 5) is 37.4. The highest BCUT2D eigenvalue weighted by molar-refractivity contribution is 7.89. The van der Waals surface area contributed by atoms with Crippen molar-refractivity contribution in [2.45, 2.75) is 17.7 Å². The van der Waals surface area contributed by atoms with Crippen LogP contribution in [-0.2, 0) is 14.8 Å². The minimum absolute atomic E-state index is 0.00114. The molecule has 2 N–H and O–H groups in total. The summed E-state index contributed by atoms with van der Waals surface area (Å²) in [6.07, 6.45) is 0.858. The number of unbranched alkanes of at least 4 members (excludes halogenated alkanes) is 1. The molecular weight excluding hydrogens is 420 g/mol. The van der Waals surface area contributed by atoms with Crippen LogP contribution in [-0.4, -0.2) is 44.3 Å². The highest BCUT2D eigenvalue weighted by Crippen LogP contribution is 2.23. The molecule has 0 aromatic heterocycles. The number of amides is 2. The predicted octanol–water partition coefficient (Wildman–Crippen LogP) is 2.22.